The van der Waals surface area contributed by atoms with Gasteiger partial charge in [-0.05, 0) is 50.8 Å². The second kappa shape index (κ2) is 7.81. The molecule has 3 heteroatoms. The Labute approximate surface area is 128 Å². The van der Waals surface area contributed by atoms with Crippen LogP contribution in [0.5, 0.6) is 5.75 Å². The minimum Gasteiger partial charge on any atom is -0.496 e. The predicted octanol–water partition coefficient (Wildman–Crippen LogP) is 3.11. The quantitative estimate of drug-likeness (QED) is 0.874. The van der Waals surface area contributed by atoms with Crippen molar-refractivity contribution in [1.29, 1.82) is 0 Å². The molecule has 0 saturated heterocycles. The maximum absolute atomic E-state index is 10.1. The van der Waals surface area contributed by atoms with Crippen molar-refractivity contribution in [3.05, 3.63) is 29.8 Å². The Morgan fingerprint density at radius 2 is 2.00 bits per heavy atom. The van der Waals surface area contributed by atoms with Crippen molar-refractivity contribution >= 4 is 0 Å². The molecule has 1 saturated carbocycles. The number of likely N-dealkylation sites (N-methyl/N-ethyl adjacent to an activating group) is 1. The fraction of sp³-hybridized carbons (Fsp3) is 0.667. The van der Waals surface area contributed by atoms with Gasteiger partial charge in [-0.15, -0.1) is 0 Å². The van der Waals surface area contributed by atoms with Gasteiger partial charge in [-0.2, -0.15) is 0 Å². The zero-order chi connectivity index (χ0) is 15.2. The number of para-hydroxylation sites is 1. The van der Waals surface area contributed by atoms with Crippen molar-refractivity contribution in [2.24, 2.45) is 5.92 Å². The summed E-state index contributed by atoms with van der Waals surface area (Å²) < 4.78 is 5.43. The van der Waals surface area contributed by atoms with Gasteiger partial charge >= 0.3 is 0 Å². The minimum absolute atomic E-state index is 0.111. The van der Waals surface area contributed by atoms with Gasteiger partial charge in [0, 0.05) is 12.6 Å². The number of ether oxygens (including phenoxy) is 1. The standard InChI is InChI=1S/C18H29NO2/c1-14(12-15-8-5-7-11-18(15)21-3)19(2)13-16-9-4-6-10-17(16)20/h5,7-8,11,14,16-17,20H,4,6,9-10,12-13H2,1-3H3. The number of nitrogens with zero attached hydrogens (tertiary/aromatic N) is 1. The van der Waals surface area contributed by atoms with E-state index >= 15 is 0 Å². The van der Waals surface area contributed by atoms with Gasteiger partial charge in [0.15, 0.2) is 0 Å². The largest absolute Gasteiger partial charge is 0.496 e. The molecule has 118 valence electrons. The first kappa shape index (κ1) is 16.3. The van der Waals surface area contributed by atoms with Crippen molar-refractivity contribution in [1.82, 2.24) is 4.90 Å². The molecular formula is C18H29NO2. The topological polar surface area (TPSA) is 32.7 Å². The molecule has 1 aliphatic rings. The predicted molar refractivity (Wildman–Crippen MR) is 86.8 cm³/mol. The Hall–Kier alpha value is -1.06. The zero-order valence-electron chi connectivity index (χ0n) is 13.6. The molecule has 3 atom stereocenters. The molecule has 1 N–H and O–H groups in total. The Morgan fingerprint density at radius 3 is 2.71 bits per heavy atom. The smallest absolute Gasteiger partial charge is 0.122 e. The molecule has 3 unspecified atom stereocenters. The number of methoxy groups -OCH3 is 1. The summed E-state index contributed by atoms with van der Waals surface area (Å²) in [6.45, 7) is 3.24. The van der Waals surface area contributed by atoms with Crippen LogP contribution in [0.3, 0.4) is 0 Å². The van der Waals surface area contributed by atoms with Crippen LogP contribution in [-0.2, 0) is 6.42 Å². The molecule has 0 spiro atoms. The summed E-state index contributed by atoms with van der Waals surface area (Å²) in [6.07, 6.45) is 5.43. The highest BCUT2D eigenvalue weighted by atomic mass is 16.5. The molecule has 0 amide bonds. The van der Waals surface area contributed by atoms with Gasteiger partial charge in [0.05, 0.1) is 13.2 Å². The van der Waals surface area contributed by atoms with Crippen LogP contribution in [0, 0.1) is 5.92 Å². The molecule has 1 fully saturated rings. The summed E-state index contributed by atoms with van der Waals surface area (Å²) in [7, 11) is 3.90. The van der Waals surface area contributed by atoms with Gasteiger partial charge in [0.25, 0.3) is 0 Å². The first-order chi connectivity index (χ1) is 10.1. The van der Waals surface area contributed by atoms with Gasteiger partial charge in [0.1, 0.15) is 5.75 Å². The summed E-state index contributed by atoms with van der Waals surface area (Å²) in [5, 5.41) is 10.1. The van der Waals surface area contributed by atoms with E-state index in [4.69, 9.17) is 4.74 Å². The van der Waals surface area contributed by atoms with Crippen molar-refractivity contribution in [3.63, 3.8) is 0 Å². The Kier molecular flexibility index (Phi) is 6.07. The van der Waals surface area contributed by atoms with Crippen LogP contribution in [-0.4, -0.2) is 42.9 Å². The first-order valence-electron chi connectivity index (χ1n) is 8.12. The molecule has 0 bridgehead atoms. The van der Waals surface area contributed by atoms with Crippen LogP contribution in [0.1, 0.15) is 38.2 Å². The number of benzene rings is 1. The van der Waals surface area contributed by atoms with Gasteiger partial charge in [-0.25, -0.2) is 0 Å². The lowest BCUT2D eigenvalue weighted by molar-refractivity contribution is 0.0447. The fourth-order valence-electron chi connectivity index (χ4n) is 3.30. The van der Waals surface area contributed by atoms with E-state index in [0.717, 1.165) is 31.6 Å². The summed E-state index contributed by atoms with van der Waals surface area (Å²) in [6, 6.07) is 8.67. The molecule has 3 nitrogen and oxygen atoms in total. The van der Waals surface area contributed by atoms with E-state index in [1.54, 1.807) is 7.11 Å². The molecule has 0 aromatic heterocycles. The average molecular weight is 291 g/mol. The van der Waals surface area contributed by atoms with Crippen LogP contribution in [0.4, 0.5) is 0 Å². The van der Waals surface area contributed by atoms with Crippen molar-refractivity contribution < 1.29 is 9.84 Å². The third-order valence-electron chi connectivity index (χ3n) is 4.85. The molecule has 0 aliphatic heterocycles. The number of rotatable bonds is 6. The van der Waals surface area contributed by atoms with E-state index in [0.29, 0.717) is 12.0 Å². The third kappa shape index (κ3) is 4.45. The Morgan fingerprint density at radius 1 is 1.29 bits per heavy atom. The highest BCUT2D eigenvalue weighted by Crippen LogP contribution is 2.26. The van der Waals surface area contributed by atoms with Gasteiger partial charge in [-0.1, -0.05) is 31.0 Å². The molecule has 1 aromatic rings. The van der Waals surface area contributed by atoms with E-state index in [1.165, 1.54) is 18.4 Å². The van der Waals surface area contributed by atoms with Crippen LogP contribution in [0.2, 0.25) is 0 Å². The van der Waals surface area contributed by atoms with Crippen molar-refractivity contribution in [2.75, 3.05) is 20.7 Å². The van der Waals surface area contributed by atoms with Crippen LogP contribution in [0.15, 0.2) is 24.3 Å². The molecule has 0 heterocycles. The highest BCUT2D eigenvalue weighted by molar-refractivity contribution is 5.33. The normalized spacial score (nSPS) is 24.0. The van der Waals surface area contributed by atoms with E-state index in [1.807, 2.05) is 12.1 Å². The number of hydrogen-bond acceptors (Lipinski definition) is 3. The highest BCUT2D eigenvalue weighted by Gasteiger charge is 2.25. The Balaban J connectivity index is 1.91. The second-order valence-electron chi connectivity index (χ2n) is 6.42. The second-order valence-corrected chi connectivity index (χ2v) is 6.42. The third-order valence-corrected chi connectivity index (χ3v) is 4.85. The summed E-state index contributed by atoms with van der Waals surface area (Å²) >= 11 is 0. The van der Waals surface area contributed by atoms with E-state index in [-0.39, 0.29) is 6.10 Å². The maximum Gasteiger partial charge on any atom is 0.122 e. The number of aliphatic hydroxyl groups excluding tert-OH is 1. The minimum atomic E-state index is -0.111. The summed E-state index contributed by atoms with van der Waals surface area (Å²) in [5.74, 6) is 1.40. The lowest BCUT2D eigenvalue weighted by Crippen LogP contribution is -2.40. The lowest BCUT2D eigenvalue weighted by atomic mass is 9.86. The van der Waals surface area contributed by atoms with Crippen molar-refractivity contribution in [2.45, 2.75) is 51.2 Å². The molecule has 1 aromatic carbocycles. The SMILES string of the molecule is COc1ccccc1CC(C)N(C)CC1CCCCC1O. The van der Waals surface area contributed by atoms with Gasteiger partial charge < -0.3 is 14.7 Å². The average Bonchev–Trinajstić information content (AvgIpc) is 2.50. The molecule has 1 aliphatic carbocycles. The van der Waals surface area contributed by atoms with Crippen LogP contribution >= 0.6 is 0 Å². The van der Waals surface area contributed by atoms with Crippen LogP contribution < -0.4 is 4.74 Å². The van der Waals surface area contributed by atoms with Gasteiger partial charge in [0.2, 0.25) is 0 Å². The molecule has 0 radical (unpaired) electrons. The molecular weight excluding hydrogens is 262 g/mol. The van der Waals surface area contributed by atoms with E-state index < -0.39 is 0 Å². The monoisotopic (exact) mass is 291 g/mol. The zero-order valence-corrected chi connectivity index (χ0v) is 13.6. The number of hydrogen-bond donors (Lipinski definition) is 1. The summed E-state index contributed by atoms with van der Waals surface area (Å²) in [4.78, 5) is 2.38. The van der Waals surface area contributed by atoms with Crippen LogP contribution in [0.25, 0.3) is 0 Å². The summed E-state index contributed by atoms with van der Waals surface area (Å²) in [5.41, 5.74) is 1.25. The van der Waals surface area contributed by atoms with Gasteiger partial charge in [-0.3, -0.25) is 0 Å². The molecule has 2 rings (SSSR count). The molecule has 21 heavy (non-hydrogen) atoms. The Bertz CT molecular complexity index is 435. The fourth-order valence-corrected chi connectivity index (χ4v) is 3.30. The van der Waals surface area contributed by atoms with E-state index in [9.17, 15) is 5.11 Å². The number of aliphatic hydroxyl groups is 1. The maximum atomic E-state index is 10.1. The first-order valence-corrected chi connectivity index (χ1v) is 8.12. The lowest BCUT2D eigenvalue weighted by Gasteiger charge is -2.34. The van der Waals surface area contributed by atoms with Crippen molar-refractivity contribution in [3.8, 4) is 5.75 Å². The van der Waals surface area contributed by atoms with E-state index in [2.05, 4.69) is 31.0 Å².